The Balaban J connectivity index is 1.73. The lowest BCUT2D eigenvalue weighted by Crippen LogP contribution is -2.18. The lowest BCUT2D eigenvalue weighted by molar-refractivity contribution is -0.394. The third kappa shape index (κ3) is 4.81. The van der Waals surface area contributed by atoms with E-state index in [-0.39, 0.29) is 17.2 Å². The average molecular weight is 410 g/mol. The molecule has 0 saturated heterocycles. The molecule has 0 radical (unpaired) electrons. The predicted molar refractivity (Wildman–Crippen MR) is 105 cm³/mol. The number of aromatic nitrogens is 2. The van der Waals surface area contributed by atoms with Gasteiger partial charge in [0.05, 0.1) is 22.1 Å². The van der Waals surface area contributed by atoms with Crippen molar-refractivity contribution in [1.82, 2.24) is 15.6 Å². The van der Waals surface area contributed by atoms with Gasteiger partial charge in [-0.15, -0.1) is 0 Å². The molecule has 0 aliphatic carbocycles. The van der Waals surface area contributed by atoms with Crippen molar-refractivity contribution < 1.29 is 19.4 Å². The van der Waals surface area contributed by atoms with E-state index >= 15 is 0 Å². The molecular weight excluding hydrogens is 396 g/mol. The Morgan fingerprint density at radius 3 is 2.63 bits per heavy atom. The number of aromatic amines is 1. The molecule has 12 nitrogen and oxygen atoms in total. The van der Waals surface area contributed by atoms with Gasteiger partial charge in [0, 0.05) is 11.8 Å². The van der Waals surface area contributed by atoms with Crippen LogP contribution in [0.5, 0.6) is 11.5 Å². The van der Waals surface area contributed by atoms with Crippen LogP contribution < -0.4 is 10.2 Å². The second-order valence-corrected chi connectivity index (χ2v) is 5.98. The standard InChI is InChI=1S/C18H14N6O6/c1-11-7-15(21-20-11)18(25)22-19-10-12-3-2-4-14(8-12)30-17-6-5-13(23(26)27)9-16(17)24(28)29/h2-10H,1H3,(H,20,21)(H,22,25). The highest BCUT2D eigenvalue weighted by atomic mass is 16.6. The van der Waals surface area contributed by atoms with Gasteiger partial charge in [0.2, 0.25) is 5.75 Å². The molecule has 1 heterocycles. The van der Waals surface area contributed by atoms with Crippen molar-refractivity contribution in [3.63, 3.8) is 0 Å². The molecule has 0 fully saturated rings. The van der Waals surface area contributed by atoms with Gasteiger partial charge in [0.1, 0.15) is 5.75 Å². The number of H-pyrrole nitrogens is 1. The number of amides is 1. The van der Waals surface area contributed by atoms with Crippen LogP contribution in [0.3, 0.4) is 0 Å². The Kier molecular flexibility index (Phi) is 5.77. The number of nitro groups is 2. The SMILES string of the molecule is Cc1cc(C(=O)NN=Cc2cccc(Oc3ccc([N+](=O)[O-])cc3[N+](=O)[O-])c2)n[nH]1. The summed E-state index contributed by atoms with van der Waals surface area (Å²) < 4.78 is 5.52. The fourth-order valence-corrected chi connectivity index (χ4v) is 2.39. The number of non-ortho nitro benzene ring substituents is 1. The van der Waals surface area contributed by atoms with Gasteiger partial charge in [-0.05, 0) is 36.8 Å². The molecule has 3 aromatic rings. The summed E-state index contributed by atoms with van der Waals surface area (Å²) in [5.41, 5.74) is 2.82. The van der Waals surface area contributed by atoms with E-state index in [0.717, 1.165) is 23.9 Å². The normalized spacial score (nSPS) is 10.7. The molecule has 0 bridgehead atoms. The molecule has 152 valence electrons. The minimum absolute atomic E-state index is 0.151. The largest absolute Gasteiger partial charge is 0.450 e. The van der Waals surface area contributed by atoms with Gasteiger partial charge in [-0.1, -0.05) is 12.1 Å². The molecular formula is C18H14N6O6. The number of nitrogens with zero attached hydrogens (tertiary/aromatic N) is 4. The van der Waals surface area contributed by atoms with Crippen molar-refractivity contribution in [2.45, 2.75) is 6.92 Å². The first-order valence-corrected chi connectivity index (χ1v) is 8.39. The van der Waals surface area contributed by atoms with Gasteiger partial charge in [0.25, 0.3) is 11.6 Å². The summed E-state index contributed by atoms with van der Waals surface area (Å²) in [5, 5.41) is 32.3. The van der Waals surface area contributed by atoms with Gasteiger partial charge in [-0.25, -0.2) is 5.43 Å². The maximum absolute atomic E-state index is 11.9. The Morgan fingerprint density at radius 2 is 1.97 bits per heavy atom. The number of aryl methyl sites for hydroxylation is 1. The molecule has 0 spiro atoms. The number of ether oxygens (including phenoxy) is 1. The molecule has 1 aromatic heterocycles. The van der Waals surface area contributed by atoms with Crippen LogP contribution in [0.25, 0.3) is 0 Å². The van der Waals surface area contributed by atoms with Crippen LogP contribution in [0, 0.1) is 27.2 Å². The van der Waals surface area contributed by atoms with Gasteiger partial charge in [-0.3, -0.25) is 30.1 Å². The fourth-order valence-electron chi connectivity index (χ4n) is 2.39. The van der Waals surface area contributed by atoms with E-state index in [1.165, 1.54) is 12.3 Å². The van der Waals surface area contributed by atoms with Crippen LogP contribution in [0.15, 0.2) is 53.6 Å². The van der Waals surface area contributed by atoms with Crippen molar-refractivity contribution in [2.24, 2.45) is 5.10 Å². The van der Waals surface area contributed by atoms with E-state index in [4.69, 9.17) is 4.74 Å². The van der Waals surface area contributed by atoms with Gasteiger partial charge >= 0.3 is 5.69 Å². The molecule has 12 heteroatoms. The molecule has 1 amide bonds. The number of nitro benzene ring substituents is 2. The first-order chi connectivity index (χ1) is 14.3. The lowest BCUT2D eigenvalue weighted by Gasteiger charge is -2.07. The fraction of sp³-hybridized carbons (Fsp3) is 0.0556. The molecule has 0 aliphatic heterocycles. The molecule has 2 aromatic carbocycles. The monoisotopic (exact) mass is 410 g/mol. The molecule has 0 unspecified atom stereocenters. The minimum Gasteiger partial charge on any atom is -0.450 e. The summed E-state index contributed by atoms with van der Waals surface area (Å²) in [6.45, 7) is 1.76. The Bertz CT molecular complexity index is 1160. The van der Waals surface area contributed by atoms with E-state index in [9.17, 15) is 25.0 Å². The molecule has 2 N–H and O–H groups in total. The van der Waals surface area contributed by atoms with Crippen molar-refractivity contribution in [2.75, 3.05) is 0 Å². The number of benzene rings is 2. The van der Waals surface area contributed by atoms with Crippen LogP contribution >= 0.6 is 0 Å². The number of rotatable bonds is 7. The molecule has 0 atom stereocenters. The van der Waals surface area contributed by atoms with Gasteiger partial charge in [0.15, 0.2) is 5.69 Å². The number of carbonyl (C=O) groups is 1. The molecule has 3 rings (SSSR count). The zero-order chi connectivity index (χ0) is 21.7. The summed E-state index contributed by atoms with van der Waals surface area (Å²) in [6, 6.07) is 11.0. The van der Waals surface area contributed by atoms with Gasteiger partial charge < -0.3 is 4.74 Å². The van der Waals surface area contributed by atoms with Crippen LogP contribution in [0.1, 0.15) is 21.7 Å². The Morgan fingerprint density at radius 1 is 1.17 bits per heavy atom. The minimum atomic E-state index is -0.764. The number of hydrogen-bond donors (Lipinski definition) is 2. The molecule has 0 saturated carbocycles. The van der Waals surface area contributed by atoms with E-state index in [2.05, 4.69) is 20.7 Å². The zero-order valence-corrected chi connectivity index (χ0v) is 15.4. The topological polar surface area (TPSA) is 166 Å². The summed E-state index contributed by atoms with van der Waals surface area (Å²) in [4.78, 5) is 32.4. The number of hydrazone groups is 1. The third-order valence-corrected chi connectivity index (χ3v) is 3.75. The maximum Gasteiger partial charge on any atom is 0.318 e. The summed E-state index contributed by atoms with van der Waals surface area (Å²) in [5.74, 6) is -0.406. The zero-order valence-electron chi connectivity index (χ0n) is 15.4. The lowest BCUT2D eigenvalue weighted by atomic mass is 10.2. The third-order valence-electron chi connectivity index (χ3n) is 3.75. The van der Waals surface area contributed by atoms with Crippen molar-refractivity contribution in [1.29, 1.82) is 0 Å². The average Bonchev–Trinajstić information content (AvgIpc) is 3.14. The number of carbonyl (C=O) groups excluding carboxylic acids is 1. The van der Waals surface area contributed by atoms with E-state index in [0.29, 0.717) is 5.56 Å². The van der Waals surface area contributed by atoms with Crippen LogP contribution in [0.4, 0.5) is 11.4 Å². The summed E-state index contributed by atoms with van der Waals surface area (Å²) >= 11 is 0. The maximum atomic E-state index is 11.9. The second-order valence-electron chi connectivity index (χ2n) is 5.98. The van der Waals surface area contributed by atoms with Crippen LogP contribution in [0.2, 0.25) is 0 Å². The van der Waals surface area contributed by atoms with Gasteiger partial charge in [-0.2, -0.15) is 10.2 Å². The predicted octanol–water partition coefficient (Wildman–Crippen LogP) is 3.09. The smallest absolute Gasteiger partial charge is 0.318 e. The molecule has 0 aliphatic rings. The van der Waals surface area contributed by atoms with E-state index in [1.807, 2.05) is 0 Å². The number of hydrogen-bond acceptors (Lipinski definition) is 8. The highest BCUT2D eigenvalue weighted by molar-refractivity contribution is 5.93. The summed E-state index contributed by atoms with van der Waals surface area (Å²) in [7, 11) is 0. The second kappa shape index (κ2) is 8.60. The van der Waals surface area contributed by atoms with Crippen LogP contribution in [-0.4, -0.2) is 32.2 Å². The summed E-state index contributed by atoms with van der Waals surface area (Å²) in [6.07, 6.45) is 1.36. The highest BCUT2D eigenvalue weighted by Crippen LogP contribution is 2.34. The van der Waals surface area contributed by atoms with E-state index < -0.39 is 27.1 Å². The van der Waals surface area contributed by atoms with E-state index in [1.54, 1.807) is 31.2 Å². The first kappa shape index (κ1) is 20.1. The van der Waals surface area contributed by atoms with Crippen molar-refractivity contribution in [3.05, 3.63) is 85.7 Å². The molecule has 30 heavy (non-hydrogen) atoms. The van der Waals surface area contributed by atoms with Crippen LogP contribution in [-0.2, 0) is 0 Å². The Hall–Kier alpha value is -4.61. The van der Waals surface area contributed by atoms with Crippen molar-refractivity contribution >= 4 is 23.5 Å². The quantitative estimate of drug-likeness (QED) is 0.343. The highest BCUT2D eigenvalue weighted by Gasteiger charge is 2.21. The first-order valence-electron chi connectivity index (χ1n) is 8.39. The Labute approximate surface area is 168 Å². The number of nitrogens with one attached hydrogen (secondary N) is 2. The van der Waals surface area contributed by atoms with Crippen molar-refractivity contribution in [3.8, 4) is 11.5 Å².